The number of benzene rings is 2. The molecule has 1 heterocycles. The normalized spacial score (nSPS) is 11.1. The van der Waals surface area contributed by atoms with Crippen molar-refractivity contribution in [1.82, 2.24) is 4.98 Å². The average molecular weight is 351 g/mol. The molecule has 0 saturated heterocycles. The van der Waals surface area contributed by atoms with Gasteiger partial charge in [-0.05, 0) is 24.3 Å². The molecule has 0 N–H and O–H groups in total. The van der Waals surface area contributed by atoms with E-state index in [1.807, 2.05) is 6.07 Å². The summed E-state index contributed by atoms with van der Waals surface area (Å²) in [5, 5.41) is 22.3. The number of hydrogen-bond donors (Lipinski definition) is 0. The molecule has 0 saturated carbocycles. The minimum Gasteiger partial charge on any atom is -0.258 e. The molecule has 122 valence electrons. The van der Waals surface area contributed by atoms with Gasteiger partial charge in [0.05, 0.1) is 16.2 Å². The monoisotopic (exact) mass is 351 g/mol. The third-order valence-corrected chi connectivity index (χ3v) is 4.31. The second-order valence-corrected chi connectivity index (χ2v) is 5.89. The predicted octanol–water partition coefficient (Wildman–Crippen LogP) is 4.92. The Morgan fingerprint density at radius 3 is 2.60 bits per heavy atom. The van der Waals surface area contributed by atoms with Gasteiger partial charge in [0.25, 0.3) is 5.69 Å². The second-order valence-electron chi connectivity index (χ2n) is 5.03. The van der Waals surface area contributed by atoms with Gasteiger partial charge in [-0.2, -0.15) is 5.26 Å². The highest BCUT2D eigenvalue weighted by Crippen LogP contribution is 2.28. The van der Waals surface area contributed by atoms with Crippen molar-refractivity contribution in [3.05, 3.63) is 80.4 Å². The van der Waals surface area contributed by atoms with E-state index in [-0.39, 0.29) is 11.3 Å². The maximum absolute atomic E-state index is 13.7. The first-order valence-electron chi connectivity index (χ1n) is 7.15. The highest BCUT2D eigenvalue weighted by Gasteiger charge is 2.11. The molecule has 0 radical (unpaired) electrons. The first-order chi connectivity index (χ1) is 12.1. The lowest BCUT2D eigenvalue weighted by atomic mass is 10.1. The van der Waals surface area contributed by atoms with Crippen LogP contribution in [0.3, 0.4) is 0 Å². The van der Waals surface area contributed by atoms with Gasteiger partial charge < -0.3 is 0 Å². The van der Waals surface area contributed by atoms with Crippen LogP contribution in [0.5, 0.6) is 0 Å². The molecule has 7 heteroatoms. The molecular weight excluding hydrogens is 341 g/mol. The van der Waals surface area contributed by atoms with E-state index in [1.54, 1.807) is 35.7 Å². The van der Waals surface area contributed by atoms with Crippen molar-refractivity contribution >= 4 is 28.7 Å². The highest BCUT2D eigenvalue weighted by atomic mass is 32.1. The lowest BCUT2D eigenvalue weighted by Gasteiger charge is -1.98. The summed E-state index contributed by atoms with van der Waals surface area (Å²) in [7, 11) is 0. The van der Waals surface area contributed by atoms with Gasteiger partial charge in [-0.15, -0.1) is 11.3 Å². The van der Waals surface area contributed by atoms with Gasteiger partial charge in [-0.3, -0.25) is 10.1 Å². The van der Waals surface area contributed by atoms with Gasteiger partial charge in [0, 0.05) is 28.6 Å². The number of nitro benzene ring substituents is 1. The Hall–Kier alpha value is -3.37. The first kappa shape index (κ1) is 16.5. The van der Waals surface area contributed by atoms with E-state index >= 15 is 0 Å². The van der Waals surface area contributed by atoms with Crippen molar-refractivity contribution in [3.8, 4) is 17.3 Å². The third kappa shape index (κ3) is 3.59. The van der Waals surface area contributed by atoms with E-state index in [9.17, 15) is 19.8 Å². The summed E-state index contributed by atoms with van der Waals surface area (Å²) in [6.45, 7) is 0. The number of thiazole rings is 1. The molecule has 2 aromatic carbocycles. The van der Waals surface area contributed by atoms with Crippen LogP contribution in [0.25, 0.3) is 22.9 Å². The zero-order chi connectivity index (χ0) is 17.8. The SMILES string of the molecule is N#C/C(=C\c1ccccc1F)c1nc(-c2ccc([N+](=O)[O-])cc2)cs1. The Morgan fingerprint density at radius 1 is 1.24 bits per heavy atom. The van der Waals surface area contributed by atoms with E-state index in [1.165, 1.54) is 35.6 Å². The summed E-state index contributed by atoms with van der Waals surface area (Å²) >= 11 is 1.25. The molecule has 5 nitrogen and oxygen atoms in total. The van der Waals surface area contributed by atoms with Crippen molar-refractivity contribution in [2.24, 2.45) is 0 Å². The topological polar surface area (TPSA) is 79.8 Å². The van der Waals surface area contributed by atoms with Crippen LogP contribution in [0.15, 0.2) is 53.9 Å². The Kier molecular flexibility index (Phi) is 4.64. The van der Waals surface area contributed by atoms with Crippen LogP contribution in [0.1, 0.15) is 10.6 Å². The Bertz CT molecular complexity index is 1000. The lowest BCUT2D eigenvalue weighted by molar-refractivity contribution is -0.384. The van der Waals surface area contributed by atoms with Crippen LogP contribution < -0.4 is 0 Å². The molecule has 0 atom stereocenters. The average Bonchev–Trinajstić information content (AvgIpc) is 3.11. The standard InChI is InChI=1S/C18H10FN3O2S/c19-16-4-2-1-3-13(16)9-14(10-20)18-21-17(11-25-18)12-5-7-15(8-6-12)22(23)24/h1-9,11H/b14-9+. The fourth-order valence-electron chi connectivity index (χ4n) is 2.17. The first-order valence-corrected chi connectivity index (χ1v) is 8.03. The van der Waals surface area contributed by atoms with Gasteiger partial charge in [0.1, 0.15) is 16.9 Å². The molecule has 0 aliphatic carbocycles. The van der Waals surface area contributed by atoms with E-state index < -0.39 is 10.7 Å². The number of halogens is 1. The van der Waals surface area contributed by atoms with Crippen molar-refractivity contribution in [2.45, 2.75) is 0 Å². The zero-order valence-corrected chi connectivity index (χ0v) is 13.5. The fraction of sp³-hybridized carbons (Fsp3) is 0. The van der Waals surface area contributed by atoms with Gasteiger partial charge in [-0.25, -0.2) is 9.37 Å². The van der Waals surface area contributed by atoms with E-state index in [0.29, 0.717) is 21.8 Å². The number of nitro groups is 1. The maximum atomic E-state index is 13.7. The molecule has 0 fully saturated rings. The van der Waals surface area contributed by atoms with E-state index in [4.69, 9.17) is 0 Å². The minimum absolute atomic E-state index is 0.00337. The number of non-ortho nitro benzene ring substituents is 1. The second kappa shape index (κ2) is 7.03. The Labute approximate surface area is 146 Å². The molecule has 0 unspecified atom stereocenters. The minimum atomic E-state index is -0.471. The molecule has 25 heavy (non-hydrogen) atoms. The predicted molar refractivity (Wildman–Crippen MR) is 94.1 cm³/mol. The van der Waals surface area contributed by atoms with Gasteiger partial charge >= 0.3 is 0 Å². The van der Waals surface area contributed by atoms with Crippen LogP contribution in [-0.4, -0.2) is 9.91 Å². The van der Waals surface area contributed by atoms with Crippen molar-refractivity contribution in [3.63, 3.8) is 0 Å². The molecule has 0 aliphatic rings. The molecule has 3 rings (SSSR count). The number of nitrogens with zero attached hydrogens (tertiary/aromatic N) is 3. The molecule has 1 aromatic heterocycles. The third-order valence-electron chi connectivity index (χ3n) is 3.43. The number of hydrogen-bond acceptors (Lipinski definition) is 5. The van der Waals surface area contributed by atoms with Gasteiger partial charge in [0.15, 0.2) is 0 Å². The molecule has 0 spiro atoms. The van der Waals surface area contributed by atoms with E-state index in [0.717, 1.165) is 0 Å². The summed E-state index contributed by atoms with van der Waals surface area (Å²) in [6, 6.07) is 14.2. The fourth-order valence-corrected chi connectivity index (χ4v) is 2.97. The maximum Gasteiger partial charge on any atom is 0.269 e. The lowest BCUT2D eigenvalue weighted by Crippen LogP contribution is -1.88. The van der Waals surface area contributed by atoms with Gasteiger partial charge in [-0.1, -0.05) is 18.2 Å². The molecular formula is C18H10FN3O2S. The van der Waals surface area contributed by atoms with Crippen LogP contribution in [0.2, 0.25) is 0 Å². The summed E-state index contributed by atoms with van der Waals surface area (Å²) < 4.78 is 13.7. The molecule has 0 aliphatic heterocycles. The van der Waals surface area contributed by atoms with Crippen LogP contribution in [-0.2, 0) is 0 Å². The summed E-state index contributed by atoms with van der Waals surface area (Å²) in [5.41, 5.74) is 1.87. The molecule has 0 bridgehead atoms. The van der Waals surface area contributed by atoms with Crippen molar-refractivity contribution in [1.29, 1.82) is 5.26 Å². The Morgan fingerprint density at radius 2 is 1.96 bits per heavy atom. The van der Waals surface area contributed by atoms with Crippen LogP contribution in [0, 0.1) is 27.3 Å². The largest absolute Gasteiger partial charge is 0.269 e. The quantitative estimate of drug-likeness (QED) is 0.379. The zero-order valence-electron chi connectivity index (χ0n) is 12.7. The molecule has 0 amide bonds. The number of allylic oxidation sites excluding steroid dienone is 1. The smallest absolute Gasteiger partial charge is 0.258 e. The van der Waals surface area contributed by atoms with Crippen LogP contribution >= 0.6 is 11.3 Å². The summed E-state index contributed by atoms with van der Waals surface area (Å²) in [6.07, 6.45) is 1.45. The van der Waals surface area contributed by atoms with Crippen molar-refractivity contribution in [2.75, 3.05) is 0 Å². The number of aromatic nitrogens is 1. The highest BCUT2D eigenvalue weighted by molar-refractivity contribution is 7.11. The summed E-state index contributed by atoms with van der Waals surface area (Å²) in [5.74, 6) is -0.414. The van der Waals surface area contributed by atoms with Gasteiger partial charge in [0.2, 0.25) is 0 Å². The Balaban J connectivity index is 1.93. The van der Waals surface area contributed by atoms with Crippen LogP contribution in [0.4, 0.5) is 10.1 Å². The number of nitriles is 1. The molecule has 3 aromatic rings. The number of rotatable bonds is 4. The van der Waals surface area contributed by atoms with E-state index in [2.05, 4.69) is 4.98 Å². The summed E-state index contributed by atoms with van der Waals surface area (Å²) in [4.78, 5) is 14.6. The van der Waals surface area contributed by atoms with Crippen molar-refractivity contribution < 1.29 is 9.31 Å².